The normalized spacial score (nSPS) is 21.9. The summed E-state index contributed by atoms with van der Waals surface area (Å²) >= 11 is 0. The molecule has 9 nitrogen and oxygen atoms in total. The number of aromatic amines is 1. The fourth-order valence-corrected chi connectivity index (χ4v) is 2.12. The zero-order valence-electron chi connectivity index (χ0n) is 11.1. The van der Waals surface area contributed by atoms with Gasteiger partial charge in [-0.25, -0.2) is 19.3 Å². The number of amides is 4. The van der Waals surface area contributed by atoms with E-state index in [1.807, 2.05) is 0 Å². The molecule has 0 radical (unpaired) electrons. The number of imidazole rings is 1. The van der Waals surface area contributed by atoms with Crippen molar-refractivity contribution < 1.29 is 24.3 Å². The standard InChI is InChI=1S/C11H12N4O5/c1-4-5(16)15(3)8-6(9(17)14(2)11(15)20)12-7(13-8)10(18)19/h4H2,1-3H3,(H-,12,13,17,18,19)/p+1. The monoisotopic (exact) mass is 281 g/mol. The van der Waals surface area contributed by atoms with Gasteiger partial charge in [0.2, 0.25) is 5.82 Å². The van der Waals surface area contributed by atoms with Gasteiger partial charge in [0, 0.05) is 7.05 Å². The summed E-state index contributed by atoms with van der Waals surface area (Å²) in [5.41, 5.74) is -0.159. The van der Waals surface area contributed by atoms with Crippen molar-refractivity contribution in [1.82, 2.24) is 19.4 Å². The number of fused-ring (bicyclic) bond motifs is 1. The average Bonchev–Trinajstić information content (AvgIpc) is 2.87. The lowest BCUT2D eigenvalue weighted by molar-refractivity contribution is -0.126. The molecule has 1 aromatic heterocycles. The maximum absolute atomic E-state index is 12.3. The van der Waals surface area contributed by atoms with Crippen LogP contribution >= 0.6 is 0 Å². The molecule has 2 heterocycles. The molecule has 0 spiro atoms. The lowest BCUT2D eigenvalue weighted by atomic mass is 10.2. The second kappa shape index (κ2) is 4.23. The number of hydrogen-bond donors (Lipinski definition) is 2. The SMILES string of the molecule is CCC(=O)[N+]1(C)C(=O)N(C)C(=O)c2[nH]c(C(=O)O)nc21. The summed E-state index contributed by atoms with van der Waals surface area (Å²) in [6.45, 7) is 1.57. The summed E-state index contributed by atoms with van der Waals surface area (Å²) in [4.78, 5) is 54.1. The van der Waals surface area contributed by atoms with Crippen LogP contribution in [0.3, 0.4) is 0 Å². The van der Waals surface area contributed by atoms with Gasteiger partial charge in [-0.3, -0.25) is 4.79 Å². The smallest absolute Gasteiger partial charge is 0.439 e. The van der Waals surface area contributed by atoms with E-state index in [2.05, 4.69) is 9.97 Å². The summed E-state index contributed by atoms with van der Waals surface area (Å²) in [5.74, 6) is -3.25. The number of H-pyrrole nitrogens is 1. The Hall–Kier alpha value is -2.55. The number of carbonyl (C=O) groups excluding carboxylic acids is 3. The van der Waals surface area contributed by atoms with Gasteiger partial charge in [-0.05, 0) is 0 Å². The van der Waals surface area contributed by atoms with Crippen LogP contribution in [0.25, 0.3) is 0 Å². The number of carbonyl (C=O) groups is 4. The van der Waals surface area contributed by atoms with E-state index in [0.29, 0.717) is 0 Å². The second-order valence-electron chi connectivity index (χ2n) is 4.49. The van der Waals surface area contributed by atoms with Crippen LogP contribution in [0.5, 0.6) is 0 Å². The van der Waals surface area contributed by atoms with E-state index in [1.54, 1.807) is 6.92 Å². The van der Waals surface area contributed by atoms with Crippen LogP contribution in [0, 0.1) is 0 Å². The van der Waals surface area contributed by atoms with E-state index >= 15 is 0 Å². The number of aromatic nitrogens is 2. The number of carboxylic acid groups (broad SMARTS) is 1. The number of imide groups is 2. The van der Waals surface area contributed by atoms with Gasteiger partial charge in [0.1, 0.15) is 0 Å². The molecule has 0 aromatic carbocycles. The number of carboxylic acids is 1. The predicted octanol–water partition coefficient (Wildman–Crippen LogP) is 0.187. The van der Waals surface area contributed by atoms with E-state index in [-0.39, 0.29) is 17.9 Å². The first-order valence-corrected chi connectivity index (χ1v) is 5.81. The molecule has 0 bridgehead atoms. The molecular formula is C11H13N4O5+. The average molecular weight is 281 g/mol. The maximum Gasteiger partial charge on any atom is 0.439 e. The third kappa shape index (κ3) is 1.56. The van der Waals surface area contributed by atoms with E-state index < -0.39 is 34.1 Å². The first kappa shape index (κ1) is 13.9. The highest BCUT2D eigenvalue weighted by Gasteiger charge is 2.55. The van der Waals surface area contributed by atoms with Gasteiger partial charge in [0.15, 0.2) is 5.69 Å². The molecular weight excluding hydrogens is 268 g/mol. The Morgan fingerprint density at radius 2 is 2.00 bits per heavy atom. The highest BCUT2D eigenvalue weighted by atomic mass is 16.4. The molecule has 1 aromatic rings. The van der Waals surface area contributed by atoms with Crippen LogP contribution in [-0.4, -0.2) is 57.9 Å². The van der Waals surface area contributed by atoms with Crippen molar-refractivity contribution in [3.05, 3.63) is 11.5 Å². The molecule has 1 aliphatic heterocycles. The molecule has 2 N–H and O–H groups in total. The first-order valence-electron chi connectivity index (χ1n) is 5.81. The van der Waals surface area contributed by atoms with Gasteiger partial charge in [0.25, 0.3) is 11.7 Å². The minimum atomic E-state index is -1.38. The quantitative estimate of drug-likeness (QED) is 0.746. The molecule has 0 saturated heterocycles. The Bertz CT molecular complexity index is 649. The molecule has 9 heteroatoms. The Kier molecular flexibility index (Phi) is 2.94. The minimum Gasteiger partial charge on any atom is -0.475 e. The summed E-state index contributed by atoms with van der Waals surface area (Å²) < 4.78 is -0.863. The van der Waals surface area contributed by atoms with E-state index in [0.717, 1.165) is 4.90 Å². The molecule has 1 unspecified atom stereocenters. The van der Waals surface area contributed by atoms with E-state index in [4.69, 9.17) is 5.11 Å². The van der Waals surface area contributed by atoms with Gasteiger partial charge < -0.3 is 10.1 Å². The molecule has 0 saturated carbocycles. The van der Waals surface area contributed by atoms with Crippen LogP contribution in [0.1, 0.15) is 34.5 Å². The number of aromatic carboxylic acids is 1. The van der Waals surface area contributed by atoms with Crippen molar-refractivity contribution in [2.24, 2.45) is 0 Å². The predicted molar refractivity (Wildman–Crippen MR) is 66.1 cm³/mol. The number of quaternary nitrogens is 1. The van der Waals surface area contributed by atoms with Gasteiger partial charge in [-0.2, -0.15) is 4.98 Å². The largest absolute Gasteiger partial charge is 0.475 e. The molecule has 2 rings (SSSR count). The summed E-state index contributed by atoms with van der Waals surface area (Å²) in [6, 6.07) is -0.766. The lowest BCUT2D eigenvalue weighted by Gasteiger charge is -2.32. The van der Waals surface area contributed by atoms with Crippen LogP contribution in [0.2, 0.25) is 0 Å². The van der Waals surface area contributed by atoms with Crippen LogP contribution in [0.4, 0.5) is 10.6 Å². The van der Waals surface area contributed by atoms with Crippen LogP contribution < -0.4 is 4.48 Å². The Labute approximate surface area is 113 Å². The van der Waals surface area contributed by atoms with E-state index in [9.17, 15) is 19.2 Å². The zero-order valence-corrected chi connectivity index (χ0v) is 11.1. The topological polar surface area (TPSA) is 120 Å². The van der Waals surface area contributed by atoms with Crippen molar-refractivity contribution >= 4 is 29.6 Å². The molecule has 20 heavy (non-hydrogen) atoms. The molecule has 1 atom stereocenters. The van der Waals surface area contributed by atoms with Gasteiger partial charge in [-0.1, -0.05) is 6.92 Å². The summed E-state index contributed by atoms with van der Waals surface area (Å²) in [5, 5.41) is 8.92. The van der Waals surface area contributed by atoms with Crippen molar-refractivity contribution in [3.63, 3.8) is 0 Å². The number of urea groups is 1. The molecule has 4 amide bonds. The Balaban J connectivity index is 2.75. The molecule has 106 valence electrons. The summed E-state index contributed by atoms with van der Waals surface area (Å²) in [7, 11) is 2.52. The van der Waals surface area contributed by atoms with Crippen LogP contribution in [0.15, 0.2) is 0 Å². The van der Waals surface area contributed by atoms with Crippen molar-refractivity contribution in [3.8, 4) is 0 Å². The minimum absolute atomic E-state index is 0.0407. The van der Waals surface area contributed by atoms with Crippen molar-refractivity contribution in [2.75, 3.05) is 14.1 Å². The maximum atomic E-state index is 12.3. The highest BCUT2D eigenvalue weighted by molar-refractivity contribution is 6.20. The third-order valence-electron chi connectivity index (χ3n) is 3.30. The Morgan fingerprint density at radius 3 is 2.50 bits per heavy atom. The Morgan fingerprint density at radius 1 is 1.40 bits per heavy atom. The van der Waals surface area contributed by atoms with Crippen molar-refractivity contribution in [2.45, 2.75) is 13.3 Å². The molecule has 0 fully saturated rings. The second-order valence-corrected chi connectivity index (χ2v) is 4.49. The molecule has 1 aliphatic rings. The number of hydrogen-bond acceptors (Lipinski definition) is 5. The lowest BCUT2D eigenvalue weighted by Crippen LogP contribution is -2.64. The van der Waals surface area contributed by atoms with Gasteiger partial charge in [0.05, 0.1) is 13.5 Å². The zero-order chi connectivity index (χ0) is 15.2. The van der Waals surface area contributed by atoms with Crippen LogP contribution in [-0.2, 0) is 4.79 Å². The van der Waals surface area contributed by atoms with Crippen molar-refractivity contribution in [1.29, 1.82) is 0 Å². The number of nitrogens with zero attached hydrogens (tertiary/aromatic N) is 3. The van der Waals surface area contributed by atoms with E-state index in [1.165, 1.54) is 14.1 Å². The van der Waals surface area contributed by atoms with Gasteiger partial charge in [-0.15, -0.1) is 4.48 Å². The van der Waals surface area contributed by atoms with Gasteiger partial charge >= 0.3 is 17.9 Å². The highest BCUT2D eigenvalue weighted by Crippen LogP contribution is 2.32. The first-order chi connectivity index (χ1) is 9.25. The number of nitrogens with one attached hydrogen (secondary N) is 1. The molecule has 0 aliphatic carbocycles. The third-order valence-corrected chi connectivity index (χ3v) is 3.30. The summed E-state index contributed by atoms with van der Waals surface area (Å²) in [6.07, 6.45) is 0.0407. The number of rotatable bonds is 2. The fraction of sp³-hybridized carbons (Fsp3) is 0.364. The fourth-order valence-electron chi connectivity index (χ4n) is 2.12.